The summed E-state index contributed by atoms with van der Waals surface area (Å²) in [5, 5.41) is 14.2. The molecular weight excluding hydrogens is 204 g/mol. The molecule has 16 heavy (non-hydrogen) atoms. The Morgan fingerprint density at radius 2 is 2.31 bits per heavy atom. The Morgan fingerprint density at radius 3 is 2.81 bits per heavy atom. The van der Waals surface area contributed by atoms with Gasteiger partial charge in [-0.15, -0.1) is 0 Å². The predicted octanol–water partition coefficient (Wildman–Crippen LogP) is 0.890. The molecule has 0 unspecified atom stereocenters. The molecule has 1 rings (SSSR count). The smallest absolute Gasteiger partial charge is 0.239 e. The number of rotatable bonds is 4. The van der Waals surface area contributed by atoms with Gasteiger partial charge in [-0.3, -0.25) is 4.79 Å². The normalized spacial score (nSPS) is 9.62. The van der Waals surface area contributed by atoms with Crippen LogP contribution in [0.25, 0.3) is 0 Å². The van der Waals surface area contributed by atoms with E-state index in [4.69, 9.17) is 5.26 Å². The van der Waals surface area contributed by atoms with Crippen molar-refractivity contribution in [3.05, 3.63) is 24.0 Å². The van der Waals surface area contributed by atoms with Crippen LogP contribution in [-0.4, -0.2) is 23.5 Å². The van der Waals surface area contributed by atoms with Crippen LogP contribution in [0.2, 0.25) is 0 Å². The molecule has 1 aromatic heterocycles. The van der Waals surface area contributed by atoms with Gasteiger partial charge in [0.2, 0.25) is 5.91 Å². The van der Waals surface area contributed by atoms with Crippen LogP contribution >= 0.6 is 0 Å². The van der Waals surface area contributed by atoms with Gasteiger partial charge in [0.25, 0.3) is 0 Å². The van der Waals surface area contributed by atoms with Crippen LogP contribution in [0.3, 0.4) is 0 Å². The molecular formula is C11H14N4O. The molecule has 0 aliphatic carbocycles. The molecule has 5 heteroatoms. The van der Waals surface area contributed by atoms with Gasteiger partial charge in [-0.25, -0.2) is 4.98 Å². The second-order valence-corrected chi connectivity index (χ2v) is 3.62. The highest BCUT2D eigenvalue weighted by molar-refractivity contribution is 5.80. The summed E-state index contributed by atoms with van der Waals surface area (Å²) in [6.07, 6.45) is 1.53. The van der Waals surface area contributed by atoms with Crippen LogP contribution in [0, 0.1) is 11.3 Å². The molecule has 0 aliphatic heterocycles. The van der Waals surface area contributed by atoms with Crippen molar-refractivity contribution in [1.29, 1.82) is 5.26 Å². The first-order valence-electron chi connectivity index (χ1n) is 5.01. The molecule has 0 bridgehead atoms. The van der Waals surface area contributed by atoms with Crippen molar-refractivity contribution in [2.75, 3.05) is 11.9 Å². The van der Waals surface area contributed by atoms with E-state index in [2.05, 4.69) is 15.6 Å². The third kappa shape index (κ3) is 3.96. The fraction of sp³-hybridized carbons (Fsp3) is 0.364. The van der Waals surface area contributed by atoms with E-state index < -0.39 is 0 Å². The van der Waals surface area contributed by atoms with Crippen molar-refractivity contribution in [3.63, 3.8) is 0 Å². The lowest BCUT2D eigenvalue weighted by molar-refractivity contribution is -0.119. The Kier molecular flexibility index (Phi) is 4.28. The summed E-state index contributed by atoms with van der Waals surface area (Å²) in [7, 11) is 0. The fourth-order valence-corrected chi connectivity index (χ4v) is 1.12. The summed E-state index contributed by atoms with van der Waals surface area (Å²) in [6, 6.07) is 5.38. The highest BCUT2D eigenvalue weighted by Gasteiger charge is 2.02. The van der Waals surface area contributed by atoms with Gasteiger partial charge in [0.1, 0.15) is 11.8 Å². The van der Waals surface area contributed by atoms with Crippen molar-refractivity contribution >= 4 is 11.6 Å². The molecule has 0 saturated carbocycles. The first-order chi connectivity index (χ1) is 7.61. The highest BCUT2D eigenvalue weighted by Crippen LogP contribution is 2.04. The summed E-state index contributed by atoms with van der Waals surface area (Å²) in [6.45, 7) is 4.01. The molecule has 0 aromatic carbocycles. The minimum absolute atomic E-state index is 0.0700. The van der Waals surface area contributed by atoms with Gasteiger partial charge in [-0.1, -0.05) is 0 Å². The van der Waals surface area contributed by atoms with Crippen molar-refractivity contribution < 1.29 is 4.79 Å². The van der Waals surface area contributed by atoms with E-state index >= 15 is 0 Å². The number of amides is 1. The standard InChI is InChI=1S/C11H14N4O/c1-8(2)15-11(16)7-14-10-4-3-9(5-12)13-6-10/h3-4,6,8,14H,7H2,1-2H3,(H,15,16). The minimum atomic E-state index is -0.0700. The number of nitrogens with zero attached hydrogens (tertiary/aromatic N) is 2. The van der Waals surface area contributed by atoms with E-state index in [1.807, 2.05) is 19.9 Å². The Balaban J connectivity index is 2.43. The SMILES string of the molecule is CC(C)NC(=O)CNc1ccc(C#N)nc1. The summed E-state index contributed by atoms with van der Waals surface area (Å²) in [5.41, 5.74) is 1.08. The number of pyridine rings is 1. The molecule has 0 atom stereocenters. The second-order valence-electron chi connectivity index (χ2n) is 3.62. The molecule has 1 aromatic rings. The number of carbonyl (C=O) groups excluding carboxylic acids is 1. The van der Waals surface area contributed by atoms with Gasteiger partial charge in [-0.2, -0.15) is 5.26 Å². The van der Waals surface area contributed by atoms with Gasteiger partial charge < -0.3 is 10.6 Å². The minimum Gasteiger partial charge on any atom is -0.375 e. The van der Waals surface area contributed by atoms with E-state index in [-0.39, 0.29) is 18.5 Å². The summed E-state index contributed by atoms with van der Waals surface area (Å²) >= 11 is 0. The molecule has 5 nitrogen and oxygen atoms in total. The van der Waals surface area contributed by atoms with Gasteiger partial charge in [0, 0.05) is 6.04 Å². The maximum absolute atomic E-state index is 11.3. The average molecular weight is 218 g/mol. The second kappa shape index (κ2) is 5.71. The van der Waals surface area contributed by atoms with Crippen molar-refractivity contribution in [2.45, 2.75) is 19.9 Å². The van der Waals surface area contributed by atoms with Crippen molar-refractivity contribution in [2.24, 2.45) is 0 Å². The van der Waals surface area contributed by atoms with Gasteiger partial charge >= 0.3 is 0 Å². The Morgan fingerprint density at radius 1 is 1.56 bits per heavy atom. The molecule has 2 N–H and O–H groups in total. The average Bonchev–Trinajstić information content (AvgIpc) is 2.26. The largest absolute Gasteiger partial charge is 0.375 e. The third-order valence-corrected chi connectivity index (χ3v) is 1.78. The third-order valence-electron chi connectivity index (χ3n) is 1.78. The molecule has 0 spiro atoms. The molecule has 84 valence electrons. The topological polar surface area (TPSA) is 77.8 Å². The quantitative estimate of drug-likeness (QED) is 0.786. The van der Waals surface area contributed by atoms with E-state index in [1.165, 1.54) is 6.20 Å². The van der Waals surface area contributed by atoms with Crippen molar-refractivity contribution in [3.8, 4) is 6.07 Å². The molecule has 1 amide bonds. The van der Waals surface area contributed by atoms with Crippen LogP contribution in [0.1, 0.15) is 19.5 Å². The summed E-state index contributed by atoms with van der Waals surface area (Å²) in [5.74, 6) is -0.0700. The van der Waals surface area contributed by atoms with Gasteiger partial charge in [-0.05, 0) is 26.0 Å². The lowest BCUT2D eigenvalue weighted by Gasteiger charge is -2.09. The first kappa shape index (κ1) is 12.0. The molecule has 0 radical (unpaired) electrons. The zero-order chi connectivity index (χ0) is 12.0. The monoisotopic (exact) mass is 218 g/mol. The Hall–Kier alpha value is -2.09. The van der Waals surface area contributed by atoms with Crippen molar-refractivity contribution in [1.82, 2.24) is 10.3 Å². The predicted molar refractivity (Wildman–Crippen MR) is 60.7 cm³/mol. The number of aromatic nitrogens is 1. The van der Waals surface area contributed by atoms with Crippen LogP contribution < -0.4 is 10.6 Å². The van der Waals surface area contributed by atoms with E-state index in [9.17, 15) is 4.79 Å². The Labute approximate surface area is 94.5 Å². The highest BCUT2D eigenvalue weighted by atomic mass is 16.1. The zero-order valence-electron chi connectivity index (χ0n) is 9.32. The lowest BCUT2D eigenvalue weighted by atomic mass is 10.3. The van der Waals surface area contributed by atoms with Gasteiger partial charge in [0.05, 0.1) is 18.4 Å². The molecule has 0 aliphatic rings. The Bertz CT molecular complexity index is 391. The number of hydrogen-bond acceptors (Lipinski definition) is 4. The molecule has 0 saturated heterocycles. The molecule has 0 fully saturated rings. The maximum atomic E-state index is 11.3. The zero-order valence-corrected chi connectivity index (χ0v) is 9.32. The fourth-order valence-electron chi connectivity index (χ4n) is 1.12. The van der Waals surface area contributed by atoms with Gasteiger partial charge in [0.15, 0.2) is 0 Å². The van der Waals surface area contributed by atoms with Crippen LogP contribution in [0.5, 0.6) is 0 Å². The number of anilines is 1. The number of carbonyl (C=O) groups is 1. The van der Waals surface area contributed by atoms with Crippen LogP contribution in [0.4, 0.5) is 5.69 Å². The van der Waals surface area contributed by atoms with E-state index in [0.29, 0.717) is 5.69 Å². The number of hydrogen-bond donors (Lipinski definition) is 2. The summed E-state index contributed by atoms with van der Waals surface area (Å²) in [4.78, 5) is 15.2. The van der Waals surface area contributed by atoms with E-state index in [1.54, 1.807) is 12.1 Å². The van der Waals surface area contributed by atoms with E-state index in [0.717, 1.165) is 5.69 Å². The maximum Gasteiger partial charge on any atom is 0.239 e. The first-order valence-corrected chi connectivity index (χ1v) is 5.01. The molecule has 1 heterocycles. The van der Waals surface area contributed by atoms with Crippen LogP contribution in [0.15, 0.2) is 18.3 Å². The number of nitriles is 1. The van der Waals surface area contributed by atoms with Crippen LogP contribution in [-0.2, 0) is 4.79 Å². The lowest BCUT2D eigenvalue weighted by Crippen LogP contribution is -2.34. The summed E-state index contributed by atoms with van der Waals surface area (Å²) < 4.78 is 0. The number of nitrogens with one attached hydrogen (secondary N) is 2.